The van der Waals surface area contributed by atoms with Crippen LogP contribution in [0.4, 0.5) is 17.3 Å². The number of aryl methyl sites for hydroxylation is 1. The lowest BCUT2D eigenvalue weighted by Crippen LogP contribution is -2.36. The molecular formula is C25H30N6O2. The first kappa shape index (κ1) is 21.5. The van der Waals surface area contributed by atoms with Gasteiger partial charge in [-0.2, -0.15) is 0 Å². The summed E-state index contributed by atoms with van der Waals surface area (Å²) in [7, 11) is 3.64. The average Bonchev–Trinajstić information content (AvgIpc) is 3.18. The summed E-state index contributed by atoms with van der Waals surface area (Å²) in [4.78, 5) is 24.4. The number of nitrogens with one attached hydrogen (secondary N) is 2. The summed E-state index contributed by atoms with van der Waals surface area (Å²) in [6, 6.07) is 8.30. The number of benzene rings is 1. The first-order chi connectivity index (χ1) is 15.9. The first-order valence-electron chi connectivity index (χ1n) is 11.4. The van der Waals surface area contributed by atoms with Crippen molar-refractivity contribution in [1.29, 1.82) is 0 Å². The highest BCUT2D eigenvalue weighted by Gasteiger charge is 2.38. The van der Waals surface area contributed by atoms with Crippen molar-refractivity contribution in [3.63, 3.8) is 0 Å². The van der Waals surface area contributed by atoms with E-state index in [2.05, 4.69) is 46.5 Å². The molecule has 1 amide bonds. The number of aromatic nitrogens is 3. The summed E-state index contributed by atoms with van der Waals surface area (Å²) in [6.45, 7) is 7.62. The fourth-order valence-electron chi connectivity index (χ4n) is 5.00. The van der Waals surface area contributed by atoms with Crippen LogP contribution in [-0.2, 0) is 23.6 Å². The molecule has 0 bridgehead atoms. The van der Waals surface area contributed by atoms with Gasteiger partial charge < -0.3 is 24.8 Å². The van der Waals surface area contributed by atoms with E-state index in [9.17, 15) is 4.79 Å². The second-order valence-corrected chi connectivity index (χ2v) is 9.36. The second kappa shape index (κ2) is 8.19. The van der Waals surface area contributed by atoms with Gasteiger partial charge in [0.1, 0.15) is 0 Å². The van der Waals surface area contributed by atoms with Crippen molar-refractivity contribution in [2.75, 3.05) is 43.6 Å². The highest BCUT2D eigenvalue weighted by Crippen LogP contribution is 2.44. The van der Waals surface area contributed by atoms with Gasteiger partial charge in [0.25, 0.3) is 5.91 Å². The van der Waals surface area contributed by atoms with Crippen molar-refractivity contribution in [3.8, 4) is 11.4 Å². The SMILES string of the molecule is CNC(=O)c1cn(C)c2c1C(C)(C)Cc1cnc(Nc3cccc(N4CCOCC4)c3)nc1-2. The molecule has 2 aliphatic rings. The van der Waals surface area contributed by atoms with Gasteiger partial charge in [-0.05, 0) is 41.2 Å². The van der Waals surface area contributed by atoms with E-state index in [-0.39, 0.29) is 11.3 Å². The summed E-state index contributed by atoms with van der Waals surface area (Å²) in [5.74, 6) is 0.469. The molecule has 8 nitrogen and oxygen atoms in total. The van der Waals surface area contributed by atoms with Crippen molar-refractivity contribution >= 4 is 23.2 Å². The molecule has 0 atom stereocenters. The lowest BCUT2D eigenvalue weighted by Gasteiger charge is -2.32. The Labute approximate surface area is 194 Å². The zero-order valence-corrected chi connectivity index (χ0v) is 19.6. The third-order valence-electron chi connectivity index (χ3n) is 6.53. The topological polar surface area (TPSA) is 84.3 Å². The van der Waals surface area contributed by atoms with Crippen molar-refractivity contribution < 1.29 is 9.53 Å². The van der Waals surface area contributed by atoms with Gasteiger partial charge in [0.15, 0.2) is 0 Å². The normalized spacial score (nSPS) is 16.7. The number of ether oxygens (including phenoxy) is 1. The summed E-state index contributed by atoms with van der Waals surface area (Å²) in [6.07, 6.45) is 4.59. The molecule has 0 radical (unpaired) electrons. The molecule has 1 aromatic carbocycles. The van der Waals surface area contributed by atoms with Crippen LogP contribution in [0.25, 0.3) is 11.4 Å². The van der Waals surface area contributed by atoms with Crippen molar-refractivity contribution in [2.45, 2.75) is 25.7 Å². The molecule has 0 unspecified atom stereocenters. The van der Waals surface area contributed by atoms with E-state index < -0.39 is 0 Å². The van der Waals surface area contributed by atoms with Crippen LogP contribution in [0, 0.1) is 0 Å². The molecule has 3 heterocycles. The van der Waals surface area contributed by atoms with Gasteiger partial charge >= 0.3 is 0 Å². The maximum atomic E-state index is 12.6. The van der Waals surface area contributed by atoms with Crippen LogP contribution in [0.1, 0.15) is 35.3 Å². The summed E-state index contributed by atoms with van der Waals surface area (Å²) >= 11 is 0. The molecular weight excluding hydrogens is 416 g/mol. The molecule has 172 valence electrons. The maximum absolute atomic E-state index is 12.6. The summed E-state index contributed by atoms with van der Waals surface area (Å²) in [5.41, 5.74) is 6.58. The molecule has 1 saturated heterocycles. The monoisotopic (exact) mass is 446 g/mol. The van der Waals surface area contributed by atoms with E-state index in [0.29, 0.717) is 11.5 Å². The fraction of sp³-hybridized carbons (Fsp3) is 0.400. The zero-order valence-electron chi connectivity index (χ0n) is 19.6. The Hall–Kier alpha value is -3.39. The molecule has 5 rings (SSSR count). The lowest BCUT2D eigenvalue weighted by atomic mass is 9.72. The van der Waals surface area contributed by atoms with E-state index in [1.54, 1.807) is 7.05 Å². The summed E-state index contributed by atoms with van der Waals surface area (Å²) in [5, 5.41) is 6.15. The first-order valence-corrected chi connectivity index (χ1v) is 11.4. The van der Waals surface area contributed by atoms with Crippen LogP contribution < -0.4 is 15.5 Å². The number of amides is 1. The Morgan fingerprint density at radius 2 is 2.00 bits per heavy atom. The molecule has 2 N–H and O–H groups in total. The average molecular weight is 447 g/mol. The Kier molecular flexibility index (Phi) is 5.32. The number of carbonyl (C=O) groups is 1. The predicted molar refractivity (Wildman–Crippen MR) is 129 cm³/mol. The van der Waals surface area contributed by atoms with Crippen LogP contribution in [0.5, 0.6) is 0 Å². The van der Waals surface area contributed by atoms with Gasteiger partial charge in [0.2, 0.25) is 5.95 Å². The van der Waals surface area contributed by atoms with Gasteiger partial charge in [-0.3, -0.25) is 4.79 Å². The molecule has 1 aliphatic heterocycles. The zero-order chi connectivity index (χ0) is 23.2. The predicted octanol–water partition coefficient (Wildman–Crippen LogP) is 3.26. The van der Waals surface area contributed by atoms with E-state index in [4.69, 9.17) is 9.72 Å². The highest BCUT2D eigenvalue weighted by atomic mass is 16.5. The quantitative estimate of drug-likeness (QED) is 0.640. The van der Waals surface area contributed by atoms with Crippen LogP contribution in [-0.4, -0.2) is 53.8 Å². The maximum Gasteiger partial charge on any atom is 0.252 e. The molecule has 3 aromatic rings. The largest absolute Gasteiger partial charge is 0.378 e. The second-order valence-electron chi connectivity index (χ2n) is 9.36. The Bertz CT molecular complexity index is 1210. The Morgan fingerprint density at radius 3 is 2.76 bits per heavy atom. The van der Waals surface area contributed by atoms with Gasteiger partial charge in [-0.1, -0.05) is 19.9 Å². The number of anilines is 3. The van der Waals surface area contributed by atoms with Gasteiger partial charge in [0, 0.05) is 51.0 Å². The number of nitrogens with zero attached hydrogens (tertiary/aromatic N) is 4. The molecule has 2 aromatic heterocycles. The minimum absolute atomic E-state index is 0.0734. The van der Waals surface area contributed by atoms with Gasteiger partial charge in [0.05, 0.1) is 30.2 Å². The Morgan fingerprint density at radius 1 is 1.21 bits per heavy atom. The standard InChI is InChI=1S/C25H30N6O2/c1-25(2)13-16-14-27-24(28-17-6-5-7-18(12-17)31-8-10-33-11-9-31)29-21(16)22-20(25)19(15-30(22)4)23(32)26-3/h5-7,12,14-15H,8-11,13H2,1-4H3,(H,26,32)(H,27,28,29). The van der Waals surface area contributed by atoms with Crippen LogP contribution in [0.15, 0.2) is 36.7 Å². The number of hydrogen-bond donors (Lipinski definition) is 2. The minimum atomic E-state index is -0.198. The van der Waals surface area contributed by atoms with Gasteiger partial charge in [-0.25, -0.2) is 9.97 Å². The van der Waals surface area contributed by atoms with E-state index in [1.165, 1.54) is 0 Å². The number of hydrogen-bond acceptors (Lipinski definition) is 6. The molecule has 8 heteroatoms. The summed E-state index contributed by atoms with van der Waals surface area (Å²) < 4.78 is 7.48. The molecule has 1 aliphatic carbocycles. The third-order valence-corrected chi connectivity index (χ3v) is 6.53. The number of carbonyl (C=O) groups excluding carboxylic acids is 1. The molecule has 0 spiro atoms. The molecule has 1 fully saturated rings. The van der Waals surface area contributed by atoms with E-state index >= 15 is 0 Å². The minimum Gasteiger partial charge on any atom is -0.378 e. The van der Waals surface area contributed by atoms with Crippen molar-refractivity contribution in [3.05, 3.63) is 53.3 Å². The number of morpholine rings is 1. The number of rotatable bonds is 4. The van der Waals surface area contributed by atoms with E-state index in [0.717, 1.165) is 66.6 Å². The number of fused-ring (bicyclic) bond motifs is 3. The van der Waals surface area contributed by atoms with Crippen LogP contribution in [0.3, 0.4) is 0 Å². The van der Waals surface area contributed by atoms with E-state index in [1.807, 2.05) is 36.1 Å². The highest BCUT2D eigenvalue weighted by molar-refractivity contribution is 5.98. The molecule has 33 heavy (non-hydrogen) atoms. The van der Waals surface area contributed by atoms with Gasteiger partial charge in [-0.15, -0.1) is 0 Å². The Balaban J connectivity index is 1.50. The van der Waals surface area contributed by atoms with Crippen LogP contribution in [0.2, 0.25) is 0 Å². The smallest absolute Gasteiger partial charge is 0.252 e. The van der Waals surface area contributed by atoms with Crippen molar-refractivity contribution in [2.24, 2.45) is 7.05 Å². The van der Waals surface area contributed by atoms with Crippen molar-refractivity contribution in [1.82, 2.24) is 19.9 Å². The lowest BCUT2D eigenvalue weighted by molar-refractivity contribution is 0.0961. The fourth-order valence-corrected chi connectivity index (χ4v) is 5.00. The third kappa shape index (κ3) is 3.84. The van der Waals surface area contributed by atoms with Crippen LogP contribution >= 0.6 is 0 Å². The molecule has 0 saturated carbocycles.